The molecule has 2 rings (SSSR count). The summed E-state index contributed by atoms with van der Waals surface area (Å²) in [5.41, 5.74) is 7.73. The van der Waals surface area contributed by atoms with Crippen LogP contribution in [0, 0.1) is 11.3 Å². The predicted molar refractivity (Wildman–Crippen MR) is 121 cm³/mol. The van der Waals surface area contributed by atoms with Crippen molar-refractivity contribution >= 4 is 35.0 Å². The summed E-state index contributed by atoms with van der Waals surface area (Å²) in [5.74, 6) is -0.192. The van der Waals surface area contributed by atoms with Crippen LogP contribution in [0.25, 0.3) is 11.3 Å². The molecule has 0 radical (unpaired) electrons. The molecule has 0 atom stereocenters. The first kappa shape index (κ1) is 24.5. The standard InChI is InChI=1S/C11H7N3OS.C10H19N3O/c12-5-8-2-1-3-9(4-8)10-6-16-11(14-10)13-7-15;1-5-12-9(14)8(6-11)7-13-10(2,3)4/h1-4,6-7H,(H,13,14,15);6-7H,5,11H2,1-4H3,(H,12,14)/b;8-6+,13-7?. The molecule has 1 heterocycles. The van der Waals surface area contributed by atoms with Crippen molar-refractivity contribution < 1.29 is 9.59 Å². The molecule has 9 heteroatoms. The zero-order valence-electron chi connectivity index (χ0n) is 17.5. The minimum absolute atomic E-state index is 0.192. The van der Waals surface area contributed by atoms with Crippen molar-refractivity contribution in [2.24, 2.45) is 10.7 Å². The fourth-order valence-corrected chi connectivity index (χ4v) is 2.65. The molecular formula is C21H26N6O2S. The van der Waals surface area contributed by atoms with Gasteiger partial charge in [0.05, 0.1) is 28.4 Å². The molecule has 0 bridgehead atoms. The van der Waals surface area contributed by atoms with Crippen LogP contribution in [-0.4, -0.2) is 35.6 Å². The van der Waals surface area contributed by atoms with Gasteiger partial charge in [-0.25, -0.2) is 4.98 Å². The summed E-state index contributed by atoms with van der Waals surface area (Å²) in [6.07, 6.45) is 3.36. The highest BCUT2D eigenvalue weighted by Crippen LogP contribution is 2.24. The molecule has 0 fully saturated rings. The molecule has 0 spiro atoms. The first-order valence-corrected chi connectivity index (χ1v) is 10.0. The summed E-state index contributed by atoms with van der Waals surface area (Å²) in [5, 5.41) is 16.3. The number of thiazole rings is 1. The highest BCUT2D eigenvalue weighted by atomic mass is 32.1. The van der Waals surface area contributed by atoms with Crippen molar-refractivity contribution in [3.8, 4) is 17.3 Å². The van der Waals surface area contributed by atoms with E-state index in [1.807, 2.05) is 39.1 Å². The van der Waals surface area contributed by atoms with Crippen molar-refractivity contribution in [3.63, 3.8) is 0 Å². The molecule has 0 aliphatic heterocycles. The number of aromatic nitrogens is 1. The van der Waals surface area contributed by atoms with Crippen LogP contribution >= 0.6 is 11.3 Å². The summed E-state index contributed by atoms with van der Waals surface area (Å²) in [6.45, 7) is 8.30. The number of anilines is 1. The maximum absolute atomic E-state index is 11.3. The van der Waals surface area contributed by atoms with E-state index in [4.69, 9.17) is 11.0 Å². The monoisotopic (exact) mass is 426 g/mol. The topological polar surface area (TPSA) is 133 Å². The van der Waals surface area contributed by atoms with Gasteiger partial charge < -0.3 is 16.4 Å². The Balaban J connectivity index is 0.000000304. The zero-order chi connectivity index (χ0) is 22.6. The fourth-order valence-electron chi connectivity index (χ4n) is 1.97. The number of benzene rings is 1. The van der Waals surface area contributed by atoms with E-state index in [-0.39, 0.29) is 11.4 Å². The van der Waals surface area contributed by atoms with Crippen LogP contribution in [0.1, 0.15) is 33.3 Å². The molecule has 0 aliphatic rings. The number of nitrogens with one attached hydrogen (secondary N) is 2. The molecule has 158 valence electrons. The Morgan fingerprint density at radius 3 is 2.70 bits per heavy atom. The quantitative estimate of drug-likeness (QED) is 0.371. The number of hydrogen-bond acceptors (Lipinski definition) is 7. The van der Waals surface area contributed by atoms with E-state index in [0.29, 0.717) is 29.2 Å². The van der Waals surface area contributed by atoms with Gasteiger partial charge in [0.25, 0.3) is 5.91 Å². The van der Waals surface area contributed by atoms with E-state index in [9.17, 15) is 9.59 Å². The fraction of sp³-hybridized carbons (Fsp3) is 0.286. The molecular weight excluding hydrogens is 400 g/mol. The Labute approximate surface area is 180 Å². The van der Waals surface area contributed by atoms with Crippen molar-refractivity contribution in [1.82, 2.24) is 10.3 Å². The number of carbonyl (C=O) groups excluding carboxylic acids is 2. The maximum atomic E-state index is 11.3. The van der Waals surface area contributed by atoms with Gasteiger partial charge in [0.2, 0.25) is 6.41 Å². The van der Waals surface area contributed by atoms with Crippen LogP contribution in [0.3, 0.4) is 0 Å². The average molecular weight is 427 g/mol. The summed E-state index contributed by atoms with van der Waals surface area (Å²) in [4.78, 5) is 30.0. The molecule has 2 aromatic rings. The number of likely N-dealkylation sites (N-methyl/N-ethyl adjacent to an activating group) is 1. The van der Waals surface area contributed by atoms with Crippen molar-refractivity contribution in [2.45, 2.75) is 33.2 Å². The predicted octanol–water partition coefficient (Wildman–Crippen LogP) is 3.08. The smallest absolute Gasteiger partial charge is 0.254 e. The molecule has 30 heavy (non-hydrogen) atoms. The Kier molecular flexibility index (Phi) is 9.92. The van der Waals surface area contributed by atoms with Crippen LogP contribution in [0.15, 0.2) is 46.4 Å². The first-order chi connectivity index (χ1) is 14.2. The average Bonchev–Trinajstić information content (AvgIpc) is 3.17. The minimum atomic E-state index is -0.194. The molecule has 1 aromatic carbocycles. The number of nitrogens with zero attached hydrogens (tertiary/aromatic N) is 3. The molecule has 0 unspecified atom stereocenters. The second-order valence-corrected chi connectivity index (χ2v) is 7.76. The normalized spacial score (nSPS) is 11.2. The molecule has 0 saturated carbocycles. The van der Waals surface area contributed by atoms with Gasteiger partial charge >= 0.3 is 0 Å². The van der Waals surface area contributed by atoms with Crippen molar-refractivity contribution in [3.05, 3.63) is 47.0 Å². The lowest BCUT2D eigenvalue weighted by molar-refractivity contribution is -0.116. The third-order valence-electron chi connectivity index (χ3n) is 3.34. The van der Waals surface area contributed by atoms with Crippen LogP contribution < -0.4 is 16.4 Å². The van der Waals surface area contributed by atoms with E-state index < -0.39 is 0 Å². The Morgan fingerprint density at radius 1 is 1.40 bits per heavy atom. The van der Waals surface area contributed by atoms with Crippen LogP contribution in [0.2, 0.25) is 0 Å². The van der Waals surface area contributed by atoms with E-state index in [0.717, 1.165) is 11.3 Å². The van der Waals surface area contributed by atoms with Gasteiger partial charge in [-0.3, -0.25) is 14.6 Å². The van der Waals surface area contributed by atoms with Crippen LogP contribution in [-0.2, 0) is 9.59 Å². The summed E-state index contributed by atoms with van der Waals surface area (Å²) in [6, 6.07) is 9.25. The molecule has 4 N–H and O–H groups in total. The van der Waals surface area contributed by atoms with E-state index in [1.165, 1.54) is 23.8 Å². The lowest BCUT2D eigenvalue weighted by Crippen LogP contribution is -2.26. The third kappa shape index (κ3) is 8.67. The third-order valence-corrected chi connectivity index (χ3v) is 4.12. The molecule has 8 nitrogen and oxygen atoms in total. The molecule has 1 aromatic heterocycles. The SMILES string of the molecule is CCNC(=O)/C(C=NC(C)(C)C)=C/N.N#Cc1cccc(-c2csc(NC=O)n2)c1. The lowest BCUT2D eigenvalue weighted by Gasteiger charge is -2.11. The van der Waals surface area contributed by atoms with E-state index in [1.54, 1.807) is 18.2 Å². The largest absolute Gasteiger partial charge is 0.404 e. The van der Waals surface area contributed by atoms with Gasteiger partial charge in [0.1, 0.15) is 0 Å². The number of nitrogens with two attached hydrogens (primary N) is 1. The number of amides is 2. The summed E-state index contributed by atoms with van der Waals surface area (Å²) < 4.78 is 0. The van der Waals surface area contributed by atoms with Crippen LogP contribution in [0.5, 0.6) is 0 Å². The first-order valence-electron chi connectivity index (χ1n) is 9.15. The Hall–Kier alpha value is -3.51. The maximum Gasteiger partial charge on any atom is 0.254 e. The second kappa shape index (κ2) is 12.1. The van der Waals surface area contributed by atoms with Gasteiger partial charge in [-0.05, 0) is 39.8 Å². The zero-order valence-corrected chi connectivity index (χ0v) is 18.3. The van der Waals surface area contributed by atoms with Gasteiger partial charge in [-0.15, -0.1) is 11.3 Å². The van der Waals surface area contributed by atoms with Crippen LogP contribution in [0.4, 0.5) is 5.13 Å². The Morgan fingerprint density at radius 2 is 2.13 bits per heavy atom. The van der Waals surface area contributed by atoms with Gasteiger partial charge in [-0.2, -0.15) is 5.26 Å². The number of nitriles is 1. The highest BCUT2D eigenvalue weighted by Gasteiger charge is 2.09. The van der Waals surface area contributed by atoms with E-state index >= 15 is 0 Å². The minimum Gasteiger partial charge on any atom is -0.404 e. The van der Waals surface area contributed by atoms with Crippen molar-refractivity contribution in [2.75, 3.05) is 11.9 Å². The van der Waals surface area contributed by atoms with Crippen molar-refractivity contribution in [1.29, 1.82) is 5.26 Å². The molecule has 0 saturated heterocycles. The summed E-state index contributed by atoms with van der Waals surface area (Å²) >= 11 is 1.35. The van der Waals surface area contributed by atoms with Gasteiger partial charge in [0.15, 0.2) is 5.13 Å². The number of carbonyl (C=O) groups is 2. The molecule has 2 amide bonds. The Bertz CT molecular complexity index is 951. The second-order valence-electron chi connectivity index (χ2n) is 6.90. The van der Waals surface area contributed by atoms with Gasteiger partial charge in [0, 0.05) is 29.9 Å². The number of rotatable bonds is 6. The molecule has 0 aliphatic carbocycles. The lowest BCUT2D eigenvalue weighted by atomic mass is 10.1. The van der Waals surface area contributed by atoms with E-state index in [2.05, 4.69) is 26.7 Å². The number of hydrogen-bond donors (Lipinski definition) is 3. The van der Waals surface area contributed by atoms with Gasteiger partial charge in [-0.1, -0.05) is 12.1 Å². The highest BCUT2D eigenvalue weighted by molar-refractivity contribution is 7.14. The number of aliphatic imine (C=N–C) groups is 1. The summed E-state index contributed by atoms with van der Waals surface area (Å²) in [7, 11) is 0.